The maximum atomic E-state index is 12.3. The number of aryl methyl sites for hydroxylation is 2. The van der Waals surface area contributed by atoms with E-state index in [-0.39, 0.29) is 5.91 Å². The second-order valence-electron chi connectivity index (χ2n) is 5.94. The summed E-state index contributed by atoms with van der Waals surface area (Å²) < 4.78 is 5.32. The van der Waals surface area contributed by atoms with Gasteiger partial charge in [-0.15, -0.1) is 0 Å². The molecule has 0 radical (unpaired) electrons. The van der Waals surface area contributed by atoms with Crippen LogP contribution in [0, 0.1) is 13.8 Å². The van der Waals surface area contributed by atoms with Crippen LogP contribution in [0.1, 0.15) is 21.6 Å². The van der Waals surface area contributed by atoms with Crippen LogP contribution in [0.4, 0.5) is 0 Å². The number of fused-ring (bicyclic) bond motifs is 1. The van der Waals surface area contributed by atoms with Gasteiger partial charge in [0.2, 0.25) is 0 Å². The molecule has 118 valence electrons. The lowest BCUT2D eigenvalue weighted by Crippen LogP contribution is -2.41. The molecule has 0 unspecified atom stereocenters. The molecule has 0 spiro atoms. The number of ether oxygens (including phenoxy) is 1. The van der Waals surface area contributed by atoms with Gasteiger partial charge in [0, 0.05) is 37.1 Å². The molecule has 0 bridgehead atoms. The Kier molecular flexibility index (Phi) is 4.45. The Hall–Kier alpha value is -1.85. The number of amides is 1. The second kappa shape index (κ2) is 6.50. The first-order chi connectivity index (χ1) is 10.6. The number of nitrogens with zero attached hydrogens (tertiary/aromatic N) is 1. The number of nitrogens with one attached hydrogen (secondary N) is 2. The first-order valence-corrected chi connectivity index (χ1v) is 7.82. The molecule has 3 rings (SSSR count). The van der Waals surface area contributed by atoms with E-state index in [1.165, 1.54) is 11.1 Å². The highest BCUT2D eigenvalue weighted by atomic mass is 16.5. The van der Waals surface area contributed by atoms with Crippen molar-refractivity contribution in [2.24, 2.45) is 0 Å². The molecular weight excluding hydrogens is 278 g/mol. The Labute approximate surface area is 130 Å². The Balaban J connectivity index is 1.61. The van der Waals surface area contributed by atoms with E-state index in [0.717, 1.165) is 43.8 Å². The van der Waals surface area contributed by atoms with E-state index >= 15 is 0 Å². The van der Waals surface area contributed by atoms with Crippen molar-refractivity contribution in [3.63, 3.8) is 0 Å². The monoisotopic (exact) mass is 301 g/mol. The van der Waals surface area contributed by atoms with Crippen LogP contribution in [0.25, 0.3) is 10.9 Å². The van der Waals surface area contributed by atoms with Crippen molar-refractivity contribution in [1.29, 1.82) is 0 Å². The van der Waals surface area contributed by atoms with Crippen molar-refractivity contribution in [2.45, 2.75) is 13.8 Å². The number of hydrogen-bond donors (Lipinski definition) is 2. The van der Waals surface area contributed by atoms with Gasteiger partial charge in [0.15, 0.2) is 0 Å². The summed E-state index contributed by atoms with van der Waals surface area (Å²) in [6, 6.07) is 6.15. The molecule has 5 heteroatoms. The Morgan fingerprint density at radius 1 is 1.27 bits per heavy atom. The second-order valence-corrected chi connectivity index (χ2v) is 5.94. The van der Waals surface area contributed by atoms with Crippen LogP contribution in [-0.4, -0.2) is 55.2 Å². The molecule has 1 amide bonds. The lowest BCUT2D eigenvalue weighted by Gasteiger charge is -2.26. The van der Waals surface area contributed by atoms with Gasteiger partial charge in [-0.2, -0.15) is 0 Å². The van der Waals surface area contributed by atoms with E-state index in [1.54, 1.807) is 0 Å². The molecule has 1 fully saturated rings. The summed E-state index contributed by atoms with van der Waals surface area (Å²) in [5.74, 6) is -0.0403. The van der Waals surface area contributed by atoms with Crippen LogP contribution in [0.15, 0.2) is 18.2 Å². The van der Waals surface area contributed by atoms with Crippen molar-refractivity contribution < 1.29 is 9.53 Å². The zero-order valence-corrected chi connectivity index (χ0v) is 13.2. The summed E-state index contributed by atoms with van der Waals surface area (Å²) in [6.45, 7) is 9.13. The Bertz CT molecular complexity index is 672. The van der Waals surface area contributed by atoms with Gasteiger partial charge in [-0.1, -0.05) is 6.07 Å². The highest BCUT2D eigenvalue weighted by Crippen LogP contribution is 2.21. The van der Waals surface area contributed by atoms with E-state index in [0.29, 0.717) is 12.2 Å². The minimum atomic E-state index is -0.0403. The number of morpholine rings is 1. The number of rotatable bonds is 4. The van der Waals surface area contributed by atoms with E-state index < -0.39 is 0 Å². The Morgan fingerprint density at radius 2 is 2.05 bits per heavy atom. The quantitative estimate of drug-likeness (QED) is 0.906. The lowest BCUT2D eigenvalue weighted by atomic mass is 10.1. The summed E-state index contributed by atoms with van der Waals surface area (Å²) in [6.07, 6.45) is 0. The SMILES string of the molecule is Cc1cc(C)c2cc(C(=O)NCCN3CCOCC3)[nH]c2c1. The molecule has 0 saturated carbocycles. The van der Waals surface area contributed by atoms with Gasteiger partial charge in [0.25, 0.3) is 5.91 Å². The molecule has 2 heterocycles. The average molecular weight is 301 g/mol. The van der Waals surface area contributed by atoms with Crippen molar-refractivity contribution in [1.82, 2.24) is 15.2 Å². The zero-order valence-electron chi connectivity index (χ0n) is 13.2. The zero-order chi connectivity index (χ0) is 15.5. The standard InChI is InChI=1S/C17H23N3O2/c1-12-9-13(2)14-11-16(19-15(14)10-12)17(21)18-3-4-20-5-7-22-8-6-20/h9-11,19H,3-8H2,1-2H3,(H,18,21). The van der Waals surface area contributed by atoms with Gasteiger partial charge in [0.1, 0.15) is 5.69 Å². The van der Waals surface area contributed by atoms with Crippen LogP contribution < -0.4 is 5.32 Å². The van der Waals surface area contributed by atoms with Gasteiger partial charge < -0.3 is 15.0 Å². The lowest BCUT2D eigenvalue weighted by molar-refractivity contribution is 0.0383. The van der Waals surface area contributed by atoms with Crippen molar-refractivity contribution in [3.8, 4) is 0 Å². The minimum Gasteiger partial charge on any atom is -0.379 e. The molecule has 1 aromatic carbocycles. The molecule has 0 atom stereocenters. The molecule has 22 heavy (non-hydrogen) atoms. The number of H-pyrrole nitrogens is 1. The van der Waals surface area contributed by atoms with E-state index in [9.17, 15) is 4.79 Å². The minimum absolute atomic E-state index is 0.0403. The predicted molar refractivity (Wildman–Crippen MR) is 87.4 cm³/mol. The fourth-order valence-corrected chi connectivity index (χ4v) is 2.97. The average Bonchev–Trinajstić information content (AvgIpc) is 2.92. The maximum absolute atomic E-state index is 12.3. The fourth-order valence-electron chi connectivity index (χ4n) is 2.97. The normalized spacial score (nSPS) is 16.1. The number of hydrogen-bond acceptors (Lipinski definition) is 3. The summed E-state index contributed by atoms with van der Waals surface area (Å²) in [5.41, 5.74) is 4.05. The van der Waals surface area contributed by atoms with Crippen LogP contribution in [-0.2, 0) is 4.74 Å². The van der Waals surface area contributed by atoms with Gasteiger partial charge in [0.05, 0.1) is 13.2 Å². The van der Waals surface area contributed by atoms with Gasteiger partial charge in [-0.05, 0) is 37.1 Å². The third-order valence-electron chi connectivity index (χ3n) is 4.15. The molecule has 1 aromatic heterocycles. The summed E-state index contributed by atoms with van der Waals surface area (Å²) >= 11 is 0. The molecule has 5 nitrogen and oxygen atoms in total. The highest BCUT2D eigenvalue weighted by Gasteiger charge is 2.13. The largest absolute Gasteiger partial charge is 0.379 e. The number of aromatic amines is 1. The van der Waals surface area contributed by atoms with Crippen molar-refractivity contribution >= 4 is 16.8 Å². The third kappa shape index (κ3) is 3.31. The van der Waals surface area contributed by atoms with Crippen LogP contribution in [0.5, 0.6) is 0 Å². The number of aromatic nitrogens is 1. The van der Waals surface area contributed by atoms with Crippen molar-refractivity contribution in [3.05, 3.63) is 35.0 Å². The summed E-state index contributed by atoms with van der Waals surface area (Å²) in [4.78, 5) is 17.8. The number of carbonyl (C=O) groups is 1. The van der Waals surface area contributed by atoms with Gasteiger partial charge >= 0.3 is 0 Å². The third-order valence-corrected chi connectivity index (χ3v) is 4.15. The van der Waals surface area contributed by atoms with E-state index in [1.807, 2.05) is 6.07 Å². The Morgan fingerprint density at radius 3 is 2.82 bits per heavy atom. The van der Waals surface area contributed by atoms with Crippen LogP contribution >= 0.6 is 0 Å². The van der Waals surface area contributed by atoms with E-state index in [4.69, 9.17) is 4.74 Å². The predicted octanol–water partition coefficient (Wildman–Crippen LogP) is 1.85. The number of benzene rings is 1. The summed E-state index contributed by atoms with van der Waals surface area (Å²) in [5, 5.41) is 4.10. The smallest absolute Gasteiger partial charge is 0.267 e. The van der Waals surface area contributed by atoms with Crippen LogP contribution in [0.2, 0.25) is 0 Å². The molecule has 0 aliphatic carbocycles. The maximum Gasteiger partial charge on any atom is 0.267 e. The molecule has 1 saturated heterocycles. The molecule has 1 aliphatic rings. The fraction of sp³-hybridized carbons (Fsp3) is 0.471. The molecular formula is C17H23N3O2. The van der Waals surface area contributed by atoms with Gasteiger partial charge in [-0.3, -0.25) is 9.69 Å². The highest BCUT2D eigenvalue weighted by molar-refractivity contribution is 5.98. The van der Waals surface area contributed by atoms with E-state index in [2.05, 4.69) is 41.2 Å². The number of carbonyl (C=O) groups excluding carboxylic acids is 1. The van der Waals surface area contributed by atoms with Gasteiger partial charge in [-0.25, -0.2) is 0 Å². The molecule has 2 aromatic rings. The molecule has 2 N–H and O–H groups in total. The molecule has 1 aliphatic heterocycles. The first-order valence-electron chi connectivity index (χ1n) is 7.82. The van der Waals surface area contributed by atoms with Crippen LogP contribution in [0.3, 0.4) is 0 Å². The summed E-state index contributed by atoms with van der Waals surface area (Å²) in [7, 11) is 0. The van der Waals surface area contributed by atoms with Crippen molar-refractivity contribution in [2.75, 3.05) is 39.4 Å². The topological polar surface area (TPSA) is 57.4 Å². The first kappa shape index (κ1) is 15.1.